The molecule has 1 amide bonds. The quantitative estimate of drug-likeness (QED) is 0.667. The Labute approximate surface area is 113 Å². The van der Waals surface area contributed by atoms with Gasteiger partial charge in [0.1, 0.15) is 0 Å². The summed E-state index contributed by atoms with van der Waals surface area (Å²) in [5, 5.41) is 2.52. The molecule has 19 heavy (non-hydrogen) atoms. The van der Waals surface area contributed by atoms with Crippen molar-refractivity contribution in [3.8, 4) is 0 Å². The van der Waals surface area contributed by atoms with Gasteiger partial charge in [-0.25, -0.2) is 9.78 Å². The minimum atomic E-state index is -0.524. The van der Waals surface area contributed by atoms with Crippen LogP contribution in [-0.4, -0.2) is 30.0 Å². The number of carbonyl (C=O) groups is 2. The van der Waals surface area contributed by atoms with E-state index in [1.807, 2.05) is 0 Å². The summed E-state index contributed by atoms with van der Waals surface area (Å²) in [5.74, 6) is -0.879. The van der Waals surface area contributed by atoms with E-state index in [-0.39, 0.29) is 12.5 Å². The zero-order chi connectivity index (χ0) is 13.7. The third kappa shape index (κ3) is 3.38. The molecule has 1 aromatic carbocycles. The van der Waals surface area contributed by atoms with Gasteiger partial charge in [0.25, 0.3) is 5.91 Å². The van der Waals surface area contributed by atoms with Gasteiger partial charge in [0.05, 0.1) is 21.3 Å². The average molecular weight is 276 g/mol. The number of aromatic nitrogens is 1. The van der Waals surface area contributed by atoms with Crippen molar-refractivity contribution >= 4 is 33.4 Å². The fourth-order valence-corrected chi connectivity index (χ4v) is 2.15. The Hall–Kier alpha value is -2.21. The summed E-state index contributed by atoms with van der Waals surface area (Å²) in [6, 6.07) is 5.09. The third-order valence-corrected chi connectivity index (χ3v) is 3.14. The summed E-state index contributed by atoms with van der Waals surface area (Å²) < 4.78 is 5.82. The first-order valence-electron chi connectivity index (χ1n) is 5.58. The SMILES string of the molecule is C=CCNC(=O)COC(=O)c1ccc2ncsc2c1. The van der Waals surface area contributed by atoms with Crippen LogP contribution in [0, 0.1) is 0 Å². The number of rotatable bonds is 5. The highest BCUT2D eigenvalue weighted by Crippen LogP contribution is 2.19. The van der Waals surface area contributed by atoms with Gasteiger partial charge in [0.15, 0.2) is 6.61 Å². The van der Waals surface area contributed by atoms with Crippen LogP contribution < -0.4 is 5.32 Å². The number of thiazole rings is 1. The molecule has 0 unspecified atom stereocenters. The summed E-state index contributed by atoms with van der Waals surface area (Å²) in [4.78, 5) is 27.1. The summed E-state index contributed by atoms with van der Waals surface area (Å²) in [6.07, 6.45) is 1.55. The number of nitrogens with zero attached hydrogens (tertiary/aromatic N) is 1. The molecule has 0 aliphatic carbocycles. The zero-order valence-corrected chi connectivity index (χ0v) is 10.9. The van der Waals surface area contributed by atoms with E-state index >= 15 is 0 Å². The molecule has 0 atom stereocenters. The molecule has 1 heterocycles. The van der Waals surface area contributed by atoms with E-state index in [0.717, 1.165) is 10.2 Å². The molecule has 0 saturated carbocycles. The largest absolute Gasteiger partial charge is 0.452 e. The molecular weight excluding hydrogens is 264 g/mol. The number of benzene rings is 1. The van der Waals surface area contributed by atoms with Crippen molar-refractivity contribution in [1.82, 2.24) is 10.3 Å². The minimum Gasteiger partial charge on any atom is -0.452 e. The monoisotopic (exact) mass is 276 g/mol. The van der Waals surface area contributed by atoms with E-state index in [9.17, 15) is 9.59 Å². The molecule has 0 aliphatic rings. The van der Waals surface area contributed by atoms with Gasteiger partial charge in [-0.3, -0.25) is 4.79 Å². The van der Waals surface area contributed by atoms with Gasteiger partial charge in [-0.15, -0.1) is 17.9 Å². The lowest BCUT2D eigenvalue weighted by Crippen LogP contribution is -2.28. The van der Waals surface area contributed by atoms with Crippen LogP contribution in [-0.2, 0) is 9.53 Å². The van der Waals surface area contributed by atoms with Gasteiger partial charge in [0.2, 0.25) is 0 Å². The second-order valence-electron chi connectivity index (χ2n) is 3.70. The number of hydrogen-bond donors (Lipinski definition) is 1. The van der Waals surface area contributed by atoms with E-state index in [4.69, 9.17) is 4.74 Å². The lowest BCUT2D eigenvalue weighted by atomic mass is 10.2. The predicted molar refractivity (Wildman–Crippen MR) is 73.1 cm³/mol. The Bertz CT molecular complexity index is 621. The molecule has 2 rings (SSSR count). The highest BCUT2D eigenvalue weighted by atomic mass is 32.1. The standard InChI is InChI=1S/C13H12N2O3S/c1-2-5-14-12(16)7-18-13(17)9-3-4-10-11(6-9)19-8-15-10/h2-4,6,8H,1,5,7H2,(H,14,16). The van der Waals surface area contributed by atoms with Gasteiger partial charge in [-0.2, -0.15) is 0 Å². The van der Waals surface area contributed by atoms with Gasteiger partial charge in [-0.1, -0.05) is 6.08 Å². The van der Waals surface area contributed by atoms with Crippen LogP contribution >= 0.6 is 11.3 Å². The molecule has 0 radical (unpaired) electrons. The van der Waals surface area contributed by atoms with Crippen LogP contribution in [0.25, 0.3) is 10.2 Å². The Morgan fingerprint density at radius 2 is 2.32 bits per heavy atom. The molecule has 0 spiro atoms. The number of ether oxygens (including phenoxy) is 1. The molecule has 1 N–H and O–H groups in total. The minimum absolute atomic E-state index is 0.298. The fourth-order valence-electron chi connectivity index (χ4n) is 1.43. The number of amides is 1. The van der Waals surface area contributed by atoms with Crippen molar-refractivity contribution in [2.24, 2.45) is 0 Å². The van der Waals surface area contributed by atoms with Crippen molar-refractivity contribution in [2.45, 2.75) is 0 Å². The van der Waals surface area contributed by atoms with Crippen molar-refractivity contribution in [1.29, 1.82) is 0 Å². The third-order valence-electron chi connectivity index (χ3n) is 2.34. The fraction of sp³-hybridized carbons (Fsp3) is 0.154. The zero-order valence-electron chi connectivity index (χ0n) is 10.1. The second kappa shape index (κ2) is 6.10. The topological polar surface area (TPSA) is 68.3 Å². The molecule has 0 aliphatic heterocycles. The number of esters is 1. The van der Waals surface area contributed by atoms with Crippen molar-refractivity contribution in [3.05, 3.63) is 41.9 Å². The molecule has 98 valence electrons. The normalized spacial score (nSPS) is 10.1. The molecule has 0 bridgehead atoms. The van der Waals surface area contributed by atoms with Crippen LogP contribution in [0.5, 0.6) is 0 Å². The van der Waals surface area contributed by atoms with E-state index in [2.05, 4.69) is 16.9 Å². The van der Waals surface area contributed by atoms with Gasteiger partial charge >= 0.3 is 5.97 Å². The number of fused-ring (bicyclic) bond motifs is 1. The number of carbonyl (C=O) groups excluding carboxylic acids is 2. The molecule has 2 aromatic rings. The molecule has 1 aromatic heterocycles. The molecule has 0 saturated heterocycles. The summed E-state index contributed by atoms with van der Waals surface area (Å²) in [7, 11) is 0. The van der Waals surface area contributed by atoms with Crippen molar-refractivity contribution < 1.29 is 14.3 Å². The van der Waals surface area contributed by atoms with Gasteiger partial charge in [-0.05, 0) is 18.2 Å². The Kier molecular flexibility index (Phi) is 4.25. The van der Waals surface area contributed by atoms with Gasteiger partial charge < -0.3 is 10.1 Å². The molecule has 5 nitrogen and oxygen atoms in total. The van der Waals surface area contributed by atoms with E-state index < -0.39 is 5.97 Å². The summed E-state index contributed by atoms with van der Waals surface area (Å²) in [6.45, 7) is 3.52. The van der Waals surface area contributed by atoms with E-state index in [1.165, 1.54) is 11.3 Å². The predicted octanol–water partition coefficient (Wildman–Crippen LogP) is 1.76. The van der Waals surface area contributed by atoms with Crippen LogP contribution in [0.15, 0.2) is 36.4 Å². The summed E-state index contributed by atoms with van der Waals surface area (Å²) >= 11 is 1.45. The first-order valence-corrected chi connectivity index (χ1v) is 6.46. The van der Waals surface area contributed by atoms with Crippen LogP contribution in [0.3, 0.4) is 0 Å². The van der Waals surface area contributed by atoms with Crippen LogP contribution in [0.2, 0.25) is 0 Å². The Balaban J connectivity index is 1.95. The lowest BCUT2D eigenvalue weighted by Gasteiger charge is -2.04. The number of hydrogen-bond acceptors (Lipinski definition) is 5. The van der Waals surface area contributed by atoms with Gasteiger partial charge in [0, 0.05) is 6.54 Å². The highest BCUT2D eigenvalue weighted by Gasteiger charge is 2.10. The highest BCUT2D eigenvalue weighted by molar-refractivity contribution is 7.16. The maximum Gasteiger partial charge on any atom is 0.338 e. The average Bonchev–Trinajstić information content (AvgIpc) is 2.89. The van der Waals surface area contributed by atoms with E-state index in [0.29, 0.717) is 12.1 Å². The number of nitrogens with one attached hydrogen (secondary N) is 1. The maximum absolute atomic E-state index is 11.8. The van der Waals surface area contributed by atoms with Crippen LogP contribution in [0.1, 0.15) is 10.4 Å². The first kappa shape index (κ1) is 13.2. The molecular formula is C13H12N2O3S. The van der Waals surface area contributed by atoms with Crippen molar-refractivity contribution in [3.63, 3.8) is 0 Å². The summed E-state index contributed by atoms with van der Waals surface area (Å²) in [5.41, 5.74) is 2.96. The Morgan fingerprint density at radius 1 is 1.47 bits per heavy atom. The molecule has 6 heteroatoms. The van der Waals surface area contributed by atoms with Crippen LogP contribution in [0.4, 0.5) is 0 Å². The molecule has 0 fully saturated rings. The maximum atomic E-state index is 11.8. The smallest absolute Gasteiger partial charge is 0.338 e. The van der Waals surface area contributed by atoms with Crippen molar-refractivity contribution in [2.75, 3.05) is 13.2 Å². The first-order chi connectivity index (χ1) is 9.20. The Morgan fingerprint density at radius 3 is 3.11 bits per heavy atom. The lowest BCUT2D eigenvalue weighted by molar-refractivity contribution is -0.124. The second-order valence-corrected chi connectivity index (χ2v) is 4.59. The van der Waals surface area contributed by atoms with E-state index in [1.54, 1.807) is 29.8 Å².